The number of ether oxygens (including phenoxy) is 8. The van der Waals surface area contributed by atoms with E-state index in [0.717, 1.165) is 38.5 Å². The third-order valence-corrected chi connectivity index (χ3v) is 5.05. The predicted octanol–water partition coefficient (Wildman–Crippen LogP) is 1.56. The normalized spacial score (nSPS) is 40.6. The van der Waals surface area contributed by atoms with E-state index in [1.54, 1.807) is 0 Å². The molecule has 4 unspecified atom stereocenters. The zero-order valence-electron chi connectivity index (χ0n) is 15.3. The molecule has 150 valence electrons. The lowest BCUT2D eigenvalue weighted by molar-refractivity contribution is -0.353. The maximum atomic E-state index is 5.88. The molecule has 4 aliphatic rings. The molecule has 8 heteroatoms. The first-order chi connectivity index (χ1) is 12.8. The Morgan fingerprint density at radius 1 is 0.654 bits per heavy atom. The first kappa shape index (κ1) is 19.0. The van der Waals surface area contributed by atoms with Gasteiger partial charge in [-0.3, -0.25) is 0 Å². The van der Waals surface area contributed by atoms with Crippen LogP contribution in [-0.4, -0.2) is 77.0 Å². The van der Waals surface area contributed by atoms with Crippen LogP contribution in [0.25, 0.3) is 0 Å². The molecule has 4 aliphatic heterocycles. The highest BCUT2D eigenvalue weighted by molar-refractivity contribution is 4.75. The molecule has 0 saturated carbocycles. The fraction of sp³-hybridized carbons (Fsp3) is 1.00. The van der Waals surface area contributed by atoms with Gasteiger partial charge in [-0.1, -0.05) is 0 Å². The van der Waals surface area contributed by atoms with Gasteiger partial charge in [0, 0.05) is 12.8 Å². The molecule has 4 fully saturated rings. The fourth-order valence-corrected chi connectivity index (χ4v) is 3.70. The van der Waals surface area contributed by atoms with Crippen molar-refractivity contribution in [2.75, 3.05) is 52.9 Å². The van der Waals surface area contributed by atoms with Gasteiger partial charge in [0.25, 0.3) is 11.9 Å². The molecule has 0 N–H and O–H groups in total. The van der Waals surface area contributed by atoms with Crippen LogP contribution in [0, 0.1) is 0 Å². The van der Waals surface area contributed by atoms with E-state index in [-0.39, 0.29) is 12.2 Å². The maximum absolute atomic E-state index is 5.88. The Kier molecular flexibility index (Phi) is 6.43. The van der Waals surface area contributed by atoms with Crippen LogP contribution in [0.2, 0.25) is 0 Å². The first-order valence-electron chi connectivity index (χ1n) is 9.85. The molecule has 2 spiro atoms. The molecule has 4 heterocycles. The molecule has 4 saturated heterocycles. The third kappa shape index (κ3) is 4.74. The smallest absolute Gasteiger partial charge is 0.283 e. The summed E-state index contributed by atoms with van der Waals surface area (Å²) in [6.07, 6.45) is 5.70. The molecular formula is C18H30O8. The van der Waals surface area contributed by atoms with Crippen LogP contribution in [0.3, 0.4) is 0 Å². The van der Waals surface area contributed by atoms with E-state index < -0.39 is 11.9 Å². The van der Waals surface area contributed by atoms with Crippen LogP contribution in [0.1, 0.15) is 38.5 Å². The highest BCUT2D eigenvalue weighted by Crippen LogP contribution is 2.34. The standard InChI is InChI=1S/C18H30O8/c1-3-7-21-17(5-1)23-13-15(25-17)11-19-9-10-20-12-16-14-24-18(26-16)6-2-4-8-22-18/h15-16H,1-14H2. The minimum absolute atomic E-state index is 0.0806. The fourth-order valence-electron chi connectivity index (χ4n) is 3.70. The van der Waals surface area contributed by atoms with Gasteiger partial charge in [-0.05, 0) is 25.7 Å². The summed E-state index contributed by atoms with van der Waals surface area (Å²) in [4.78, 5) is 0. The Morgan fingerprint density at radius 2 is 1.15 bits per heavy atom. The Labute approximate surface area is 154 Å². The summed E-state index contributed by atoms with van der Waals surface area (Å²) in [6, 6.07) is 0. The van der Waals surface area contributed by atoms with E-state index in [2.05, 4.69) is 0 Å². The van der Waals surface area contributed by atoms with Gasteiger partial charge in [-0.2, -0.15) is 0 Å². The zero-order valence-corrected chi connectivity index (χ0v) is 15.3. The van der Waals surface area contributed by atoms with E-state index in [1.165, 1.54) is 0 Å². The molecule has 4 rings (SSSR count). The molecular weight excluding hydrogens is 344 g/mol. The van der Waals surface area contributed by atoms with Crippen LogP contribution in [0.5, 0.6) is 0 Å². The van der Waals surface area contributed by atoms with E-state index in [0.29, 0.717) is 52.9 Å². The summed E-state index contributed by atoms with van der Waals surface area (Å²) in [5, 5.41) is 0. The summed E-state index contributed by atoms with van der Waals surface area (Å²) in [5.74, 6) is -1.64. The van der Waals surface area contributed by atoms with E-state index in [4.69, 9.17) is 37.9 Å². The van der Waals surface area contributed by atoms with Gasteiger partial charge >= 0.3 is 0 Å². The number of hydrogen-bond acceptors (Lipinski definition) is 8. The Hall–Kier alpha value is -0.320. The second kappa shape index (κ2) is 8.79. The second-order valence-corrected chi connectivity index (χ2v) is 7.23. The van der Waals surface area contributed by atoms with Crippen LogP contribution in [0.15, 0.2) is 0 Å². The highest BCUT2D eigenvalue weighted by Gasteiger charge is 2.45. The summed E-state index contributed by atoms with van der Waals surface area (Å²) in [5.41, 5.74) is 0. The van der Waals surface area contributed by atoms with Gasteiger partial charge in [0.15, 0.2) is 0 Å². The summed E-state index contributed by atoms with van der Waals surface area (Å²) < 4.78 is 45.7. The zero-order chi connectivity index (χ0) is 17.7. The topological polar surface area (TPSA) is 73.8 Å². The minimum Gasteiger partial charge on any atom is -0.376 e. The lowest BCUT2D eigenvalue weighted by atomic mass is 10.2. The van der Waals surface area contributed by atoms with Crippen molar-refractivity contribution < 1.29 is 37.9 Å². The van der Waals surface area contributed by atoms with Crippen molar-refractivity contribution >= 4 is 0 Å². The van der Waals surface area contributed by atoms with Crippen LogP contribution in [0.4, 0.5) is 0 Å². The summed E-state index contributed by atoms with van der Waals surface area (Å²) >= 11 is 0. The lowest BCUT2D eigenvalue weighted by Gasteiger charge is -2.31. The van der Waals surface area contributed by atoms with E-state index in [1.807, 2.05) is 0 Å². The third-order valence-electron chi connectivity index (χ3n) is 5.05. The molecule has 0 aromatic heterocycles. The molecule has 0 amide bonds. The second-order valence-electron chi connectivity index (χ2n) is 7.23. The van der Waals surface area contributed by atoms with Crippen LogP contribution >= 0.6 is 0 Å². The van der Waals surface area contributed by atoms with Crippen molar-refractivity contribution in [3.63, 3.8) is 0 Å². The molecule has 8 nitrogen and oxygen atoms in total. The number of hydrogen-bond donors (Lipinski definition) is 0. The summed E-state index contributed by atoms with van der Waals surface area (Å²) in [6.45, 7) is 4.38. The minimum atomic E-state index is -0.820. The molecule has 4 atom stereocenters. The van der Waals surface area contributed by atoms with Gasteiger partial charge in [0.2, 0.25) is 0 Å². The predicted molar refractivity (Wildman–Crippen MR) is 88.4 cm³/mol. The van der Waals surface area contributed by atoms with Crippen LogP contribution < -0.4 is 0 Å². The van der Waals surface area contributed by atoms with Crippen molar-refractivity contribution in [3.8, 4) is 0 Å². The Morgan fingerprint density at radius 3 is 1.58 bits per heavy atom. The van der Waals surface area contributed by atoms with Crippen LogP contribution in [-0.2, 0) is 37.9 Å². The van der Waals surface area contributed by atoms with E-state index >= 15 is 0 Å². The average Bonchev–Trinajstić information content (AvgIpc) is 3.24. The van der Waals surface area contributed by atoms with Crippen molar-refractivity contribution in [2.45, 2.75) is 62.7 Å². The average molecular weight is 374 g/mol. The van der Waals surface area contributed by atoms with Crippen molar-refractivity contribution in [2.24, 2.45) is 0 Å². The van der Waals surface area contributed by atoms with Crippen molar-refractivity contribution in [1.82, 2.24) is 0 Å². The van der Waals surface area contributed by atoms with Gasteiger partial charge in [-0.25, -0.2) is 0 Å². The van der Waals surface area contributed by atoms with E-state index in [9.17, 15) is 0 Å². The molecule has 0 radical (unpaired) electrons. The SMILES string of the molecule is C1CCC2(OC1)OCC(COCCOCC1COC3(CCCCO3)O1)O2. The van der Waals surface area contributed by atoms with Crippen molar-refractivity contribution in [1.29, 1.82) is 0 Å². The number of rotatable bonds is 7. The first-order valence-corrected chi connectivity index (χ1v) is 9.85. The highest BCUT2D eigenvalue weighted by atomic mass is 16.9. The van der Waals surface area contributed by atoms with Gasteiger partial charge in [0.05, 0.1) is 52.9 Å². The molecule has 0 aliphatic carbocycles. The molecule has 0 aromatic carbocycles. The van der Waals surface area contributed by atoms with Gasteiger partial charge in [0.1, 0.15) is 12.2 Å². The molecule has 26 heavy (non-hydrogen) atoms. The molecule has 0 aromatic rings. The molecule has 0 bridgehead atoms. The monoisotopic (exact) mass is 374 g/mol. The largest absolute Gasteiger partial charge is 0.376 e. The van der Waals surface area contributed by atoms with Gasteiger partial charge in [-0.15, -0.1) is 0 Å². The van der Waals surface area contributed by atoms with Crippen molar-refractivity contribution in [3.05, 3.63) is 0 Å². The Bertz CT molecular complexity index is 393. The Balaban J connectivity index is 1.04. The maximum Gasteiger partial charge on any atom is 0.283 e. The quantitative estimate of drug-likeness (QED) is 0.622. The summed E-state index contributed by atoms with van der Waals surface area (Å²) in [7, 11) is 0. The van der Waals surface area contributed by atoms with Gasteiger partial charge < -0.3 is 37.9 Å². The lowest BCUT2D eigenvalue weighted by Crippen LogP contribution is -2.38.